The lowest BCUT2D eigenvalue weighted by Gasteiger charge is -2.05. The van der Waals surface area contributed by atoms with Crippen LogP contribution in [0.1, 0.15) is 18.2 Å². The van der Waals surface area contributed by atoms with E-state index in [0.29, 0.717) is 12.3 Å². The third-order valence-corrected chi connectivity index (χ3v) is 5.42. The summed E-state index contributed by atoms with van der Waals surface area (Å²) < 4.78 is 6.82. The van der Waals surface area contributed by atoms with E-state index in [2.05, 4.69) is 36.2 Å². The van der Waals surface area contributed by atoms with Gasteiger partial charge < -0.3 is 4.74 Å². The Kier molecular flexibility index (Phi) is 5.86. The van der Waals surface area contributed by atoms with E-state index in [1.807, 2.05) is 46.5 Å². The maximum absolute atomic E-state index is 11.6. The highest BCUT2D eigenvalue weighted by Crippen LogP contribution is 2.34. The molecule has 5 nitrogen and oxygen atoms in total. The fourth-order valence-electron chi connectivity index (χ4n) is 3.23. The standard InChI is InChI=1S/C24H21N3O2S/c1-3-29-21(28)15-14-20-16-30-24(25-20)27-23(19-12-8-5-9-13-19)17(2)22(26-27)18-10-6-4-7-11-18/h4-16H,3H2,1-2H3/b15-14+. The van der Waals surface area contributed by atoms with Gasteiger partial charge in [0.25, 0.3) is 0 Å². The van der Waals surface area contributed by atoms with E-state index in [-0.39, 0.29) is 5.97 Å². The summed E-state index contributed by atoms with van der Waals surface area (Å²) in [6, 6.07) is 20.3. The molecule has 0 amide bonds. The van der Waals surface area contributed by atoms with E-state index < -0.39 is 0 Å². The van der Waals surface area contributed by atoms with Gasteiger partial charge in [-0.05, 0) is 19.9 Å². The second-order valence-corrected chi connectivity index (χ2v) is 7.44. The minimum atomic E-state index is -0.377. The molecule has 30 heavy (non-hydrogen) atoms. The number of rotatable bonds is 6. The SMILES string of the molecule is CCOC(=O)/C=C/c1csc(-n2nc(-c3ccccc3)c(C)c2-c2ccccc2)n1. The van der Waals surface area contributed by atoms with Crippen molar-refractivity contribution in [3.8, 4) is 27.6 Å². The summed E-state index contributed by atoms with van der Waals surface area (Å²) in [5.41, 5.74) is 5.84. The van der Waals surface area contributed by atoms with Crippen molar-refractivity contribution in [2.75, 3.05) is 6.61 Å². The molecule has 0 radical (unpaired) electrons. The normalized spacial score (nSPS) is 11.1. The van der Waals surface area contributed by atoms with Crippen LogP contribution in [-0.4, -0.2) is 27.3 Å². The first-order chi connectivity index (χ1) is 14.7. The molecule has 0 aliphatic rings. The number of hydrogen-bond acceptors (Lipinski definition) is 5. The van der Waals surface area contributed by atoms with Gasteiger partial charge in [0.1, 0.15) is 0 Å². The molecule has 4 rings (SSSR count). The van der Waals surface area contributed by atoms with Gasteiger partial charge in [0, 0.05) is 28.1 Å². The lowest BCUT2D eigenvalue weighted by atomic mass is 10.0. The Morgan fingerprint density at radius 3 is 2.40 bits per heavy atom. The molecular weight excluding hydrogens is 394 g/mol. The van der Waals surface area contributed by atoms with Gasteiger partial charge in [0.15, 0.2) is 0 Å². The summed E-state index contributed by atoms with van der Waals surface area (Å²) in [6.45, 7) is 4.21. The minimum Gasteiger partial charge on any atom is -0.463 e. The van der Waals surface area contributed by atoms with Crippen LogP contribution < -0.4 is 0 Å². The molecular formula is C24H21N3O2S. The Balaban J connectivity index is 1.79. The number of carbonyl (C=O) groups is 1. The molecule has 0 aliphatic heterocycles. The van der Waals surface area contributed by atoms with Crippen molar-refractivity contribution in [3.63, 3.8) is 0 Å². The summed E-state index contributed by atoms with van der Waals surface area (Å²) in [6.07, 6.45) is 3.05. The van der Waals surface area contributed by atoms with E-state index in [4.69, 9.17) is 9.84 Å². The van der Waals surface area contributed by atoms with Crippen LogP contribution in [0.4, 0.5) is 0 Å². The van der Waals surface area contributed by atoms with Crippen LogP contribution in [0.3, 0.4) is 0 Å². The number of thiazole rings is 1. The van der Waals surface area contributed by atoms with Crippen LogP contribution in [0.5, 0.6) is 0 Å². The van der Waals surface area contributed by atoms with Crippen molar-refractivity contribution in [3.05, 3.63) is 83.4 Å². The molecule has 0 N–H and O–H groups in total. The summed E-state index contributed by atoms with van der Waals surface area (Å²) in [5.74, 6) is -0.377. The first-order valence-electron chi connectivity index (χ1n) is 9.68. The van der Waals surface area contributed by atoms with Crippen LogP contribution >= 0.6 is 11.3 Å². The maximum atomic E-state index is 11.6. The Bertz CT molecular complexity index is 1180. The number of hydrogen-bond donors (Lipinski definition) is 0. The van der Waals surface area contributed by atoms with E-state index in [0.717, 1.165) is 33.2 Å². The van der Waals surface area contributed by atoms with Gasteiger partial charge in [-0.2, -0.15) is 5.10 Å². The summed E-state index contributed by atoms with van der Waals surface area (Å²) in [7, 11) is 0. The molecule has 6 heteroatoms. The minimum absolute atomic E-state index is 0.348. The Labute approximate surface area is 179 Å². The van der Waals surface area contributed by atoms with Gasteiger partial charge in [-0.3, -0.25) is 0 Å². The number of aromatic nitrogens is 3. The quantitative estimate of drug-likeness (QED) is 0.306. The molecule has 0 spiro atoms. The zero-order valence-corrected chi connectivity index (χ0v) is 17.6. The smallest absolute Gasteiger partial charge is 0.330 e. The third kappa shape index (κ3) is 4.09. The van der Waals surface area contributed by atoms with E-state index >= 15 is 0 Å². The lowest BCUT2D eigenvalue weighted by molar-refractivity contribution is -0.137. The molecule has 0 aliphatic carbocycles. The van der Waals surface area contributed by atoms with E-state index in [1.54, 1.807) is 13.0 Å². The lowest BCUT2D eigenvalue weighted by Crippen LogP contribution is -2.00. The highest BCUT2D eigenvalue weighted by atomic mass is 32.1. The molecule has 2 aromatic heterocycles. The van der Waals surface area contributed by atoms with Crippen LogP contribution in [0.2, 0.25) is 0 Å². The van der Waals surface area contributed by atoms with Crippen molar-refractivity contribution in [2.45, 2.75) is 13.8 Å². The maximum Gasteiger partial charge on any atom is 0.330 e. The molecule has 0 bridgehead atoms. The summed E-state index contributed by atoms with van der Waals surface area (Å²) in [4.78, 5) is 16.3. The molecule has 0 atom stereocenters. The first kappa shape index (κ1) is 19.8. The molecule has 0 fully saturated rings. The van der Waals surface area contributed by atoms with Crippen molar-refractivity contribution in [1.82, 2.24) is 14.8 Å². The topological polar surface area (TPSA) is 57.0 Å². The van der Waals surface area contributed by atoms with Crippen LogP contribution in [0, 0.1) is 6.92 Å². The van der Waals surface area contributed by atoms with E-state index in [1.165, 1.54) is 17.4 Å². The number of nitrogens with zero attached hydrogens (tertiary/aromatic N) is 3. The molecule has 4 aromatic rings. The van der Waals surface area contributed by atoms with Crippen molar-refractivity contribution in [1.29, 1.82) is 0 Å². The Morgan fingerprint density at radius 2 is 1.73 bits per heavy atom. The highest BCUT2D eigenvalue weighted by molar-refractivity contribution is 7.12. The summed E-state index contributed by atoms with van der Waals surface area (Å²) >= 11 is 1.48. The second-order valence-electron chi connectivity index (χ2n) is 6.61. The fraction of sp³-hybridized carbons (Fsp3) is 0.125. The van der Waals surface area contributed by atoms with Gasteiger partial charge in [0.2, 0.25) is 5.13 Å². The van der Waals surface area contributed by atoms with Gasteiger partial charge in [-0.15, -0.1) is 11.3 Å². The monoisotopic (exact) mass is 415 g/mol. The second kappa shape index (κ2) is 8.88. The number of carbonyl (C=O) groups excluding carboxylic acids is 1. The number of ether oxygens (including phenoxy) is 1. The molecule has 0 saturated carbocycles. The number of esters is 1. The fourth-order valence-corrected chi connectivity index (χ4v) is 3.98. The molecule has 0 unspecified atom stereocenters. The highest BCUT2D eigenvalue weighted by Gasteiger charge is 2.20. The van der Waals surface area contributed by atoms with Crippen LogP contribution in [0.25, 0.3) is 33.7 Å². The molecule has 0 saturated heterocycles. The van der Waals surface area contributed by atoms with Gasteiger partial charge in [0.05, 0.1) is 23.7 Å². The predicted molar refractivity (Wildman–Crippen MR) is 121 cm³/mol. The van der Waals surface area contributed by atoms with Crippen LogP contribution in [-0.2, 0) is 9.53 Å². The van der Waals surface area contributed by atoms with Crippen molar-refractivity contribution in [2.24, 2.45) is 0 Å². The zero-order valence-electron chi connectivity index (χ0n) is 16.8. The molecule has 150 valence electrons. The first-order valence-corrected chi connectivity index (χ1v) is 10.6. The molecule has 2 heterocycles. The largest absolute Gasteiger partial charge is 0.463 e. The average Bonchev–Trinajstić information content (AvgIpc) is 3.38. The number of benzene rings is 2. The van der Waals surface area contributed by atoms with Gasteiger partial charge in [-0.1, -0.05) is 60.7 Å². The third-order valence-electron chi connectivity index (χ3n) is 4.58. The van der Waals surface area contributed by atoms with Gasteiger partial charge in [-0.25, -0.2) is 14.5 Å². The van der Waals surface area contributed by atoms with Gasteiger partial charge >= 0.3 is 5.97 Å². The average molecular weight is 416 g/mol. The van der Waals surface area contributed by atoms with E-state index in [9.17, 15) is 4.79 Å². The Morgan fingerprint density at radius 1 is 1.07 bits per heavy atom. The Hall–Kier alpha value is -3.51. The van der Waals surface area contributed by atoms with Crippen molar-refractivity contribution < 1.29 is 9.53 Å². The summed E-state index contributed by atoms with van der Waals surface area (Å²) in [5, 5.41) is 7.55. The molecule has 2 aromatic carbocycles. The van der Waals surface area contributed by atoms with Crippen molar-refractivity contribution >= 4 is 23.4 Å². The zero-order chi connectivity index (χ0) is 20.9. The predicted octanol–water partition coefficient (Wildman–Crippen LogP) is 5.55. The van der Waals surface area contributed by atoms with Crippen LogP contribution in [0.15, 0.2) is 72.1 Å².